The summed E-state index contributed by atoms with van der Waals surface area (Å²) < 4.78 is 10.9. The van der Waals surface area contributed by atoms with Crippen LogP contribution in [0.5, 0.6) is 5.75 Å². The van der Waals surface area contributed by atoms with Crippen molar-refractivity contribution in [2.75, 3.05) is 7.11 Å². The van der Waals surface area contributed by atoms with Crippen LogP contribution >= 0.6 is 11.6 Å². The maximum absolute atomic E-state index is 10.9. The van der Waals surface area contributed by atoms with Crippen LogP contribution in [0.1, 0.15) is 5.76 Å². The number of furan rings is 1. The number of halogens is 1. The number of nitro benzene ring substituents is 1. The smallest absolute Gasteiger partial charge is 0.271 e. The van der Waals surface area contributed by atoms with Gasteiger partial charge in [0.2, 0.25) is 0 Å². The van der Waals surface area contributed by atoms with Crippen LogP contribution in [0.25, 0.3) is 11.3 Å². The highest BCUT2D eigenvalue weighted by Crippen LogP contribution is 2.32. The van der Waals surface area contributed by atoms with E-state index in [1.54, 1.807) is 18.2 Å². The minimum atomic E-state index is -0.485. The molecule has 0 unspecified atom stereocenters. The third kappa shape index (κ3) is 3.70. The standard InChI is InChI=1S/C18H13ClN2O4/c1-24-18-8-6-12(21(22)23)10-16(18)20-11-13-7-9-17(25-13)14-4-2-3-5-15(14)19/h2-11H,1H3. The summed E-state index contributed by atoms with van der Waals surface area (Å²) in [6.07, 6.45) is 1.47. The van der Waals surface area contributed by atoms with Crippen LogP contribution in [0, 0.1) is 10.1 Å². The fraction of sp³-hybridized carbons (Fsp3) is 0.0556. The number of nitrogens with zero attached hydrogens (tertiary/aromatic N) is 2. The molecule has 0 amide bonds. The second kappa shape index (κ2) is 7.19. The Morgan fingerprint density at radius 1 is 1.20 bits per heavy atom. The van der Waals surface area contributed by atoms with Gasteiger partial charge in [-0.15, -0.1) is 0 Å². The van der Waals surface area contributed by atoms with Crippen LogP contribution in [0.4, 0.5) is 11.4 Å². The zero-order chi connectivity index (χ0) is 17.8. The molecule has 0 saturated carbocycles. The van der Waals surface area contributed by atoms with E-state index in [4.69, 9.17) is 20.8 Å². The lowest BCUT2D eigenvalue weighted by atomic mass is 10.2. The van der Waals surface area contributed by atoms with Gasteiger partial charge in [-0.25, -0.2) is 4.99 Å². The van der Waals surface area contributed by atoms with Crippen LogP contribution < -0.4 is 4.74 Å². The van der Waals surface area contributed by atoms with E-state index in [0.29, 0.717) is 28.0 Å². The summed E-state index contributed by atoms with van der Waals surface area (Å²) in [5.74, 6) is 1.53. The molecule has 0 aliphatic carbocycles. The van der Waals surface area contributed by atoms with Crippen LogP contribution in [0.2, 0.25) is 5.02 Å². The first-order valence-electron chi connectivity index (χ1n) is 7.29. The van der Waals surface area contributed by atoms with Crippen molar-refractivity contribution in [2.45, 2.75) is 0 Å². The third-order valence-corrected chi connectivity index (χ3v) is 3.80. The fourth-order valence-electron chi connectivity index (χ4n) is 2.25. The Hall–Kier alpha value is -3.12. The number of hydrogen-bond donors (Lipinski definition) is 0. The van der Waals surface area contributed by atoms with Crippen molar-refractivity contribution in [1.82, 2.24) is 0 Å². The molecule has 25 heavy (non-hydrogen) atoms. The summed E-state index contributed by atoms with van der Waals surface area (Å²) in [7, 11) is 1.47. The van der Waals surface area contributed by atoms with E-state index in [0.717, 1.165) is 5.56 Å². The van der Waals surface area contributed by atoms with Gasteiger partial charge in [0, 0.05) is 17.7 Å². The lowest BCUT2D eigenvalue weighted by Gasteiger charge is -2.03. The van der Waals surface area contributed by atoms with E-state index >= 15 is 0 Å². The second-order valence-corrected chi connectivity index (χ2v) is 5.46. The Morgan fingerprint density at radius 2 is 2.00 bits per heavy atom. The van der Waals surface area contributed by atoms with Crippen molar-refractivity contribution in [1.29, 1.82) is 0 Å². The Kier molecular flexibility index (Phi) is 4.81. The Labute approximate surface area is 148 Å². The molecule has 7 heteroatoms. The normalized spacial score (nSPS) is 11.0. The molecule has 126 valence electrons. The van der Waals surface area contributed by atoms with E-state index < -0.39 is 4.92 Å². The number of nitro groups is 1. The van der Waals surface area contributed by atoms with Gasteiger partial charge in [0.15, 0.2) is 0 Å². The second-order valence-electron chi connectivity index (χ2n) is 5.05. The maximum atomic E-state index is 10.9. The van der Waals surface area contributed by atoms with E-state index in [1.807, 2.05) is 18.2 Å². The zero-order valence-corrected chi connectivity index (χ0v) is 13.9. The van der Waals surface area contributed by atoms with Gasteiger partial charge in [0.05, 0.1) is 23.3 Å². The first-order chi connectivity index (χ1) is 12.1. The van der Waals surface area contributed by atoms with Crippen molar-refractivity contribution in [3.63, 3.8) is 0 Å². The molecule has 3 rings (SSSR count). The van der Waals surface area contributed by atoms with Crippen molar-refractivity contribution >= 4 is 29.2 Å². The number of benzene rings is 2. The van der Waals surface area contributed by atoms with Crippen molar-refractivity contribution in [3.05, 3.63) is 75.5 Å². The Bertz CT molecular complexity index is 950. The molecule has 0 fully saturated rings. The molecular weight excluding hydrogens is 344 g/mol. The Morgan fingerprint density at radius 3 is 2.72 bits per heavy atom. The monoisotopic (exact) mass is 356 g/mol. The number of non-ortho nitro benzene ring substituents is 1. The average molecular weight is 357 g/mol. The van der Waals surface area contributed by atoms with Gasteiger partial charge in [-0.2, -0.15) is 0 Å². The summed E-state index contributed by atoms with van der Waals surface area (Å²) in [5, 5.41) is 11.5. The molecular formula is C18H13ClN2O4. The van der Waals surface area contributed by atoms with Gasteiger partial charge < -0.3 is 9.15 Å². The van der Waals surface area contributed by atoms with Crippen molar-refractivity contribution in [3.8, 4) is 17.1 Å². The molecule has 0 N–H and O–H groups in total. The van der Waals surface area contributed by atoms with Gasteiger partial charge in [-0.05, 0) is 30.3 Å². The minimum absolute atomic E-state index is 0.0656. The summed E-state index contributed by atoms with van der Waals surface area (Å²) in [5.41, 5.74) is 1.05. The lowest BCUT2D eigenvalue weighted by Crippen LogP contribution is -1.89. The third-order valence-electron chi connectivity index (χ3n) is 3.47. The first-order valence-corrected chi connectivity index (χ1v) is 7.67. The minimum Gasteiger partial charge on any atom is -0.494 e. The van der Waals surface area contributed by atoms with Crippen molar-refractivity contribution < 1.29 is 14.1 Å². The summed E-state index contributed by atoms with van der Waals surface area (Å²) in [6, 6.07) is 15.1. The molecule has 1 aromatic heterocycles. The quantitative estimate of drug-likeness (QED) is 0.354. The number of ether oxygens (including phenoxy) is 1. The van der Waals surface area contributed by atoms with Gasteiger partial charge in [-0.3, -0.25) is 10.1 Å². The van der Waals surface area contributed by atoms with Crippen molar-refractivity contribution in [2.24, 2.45) is 4.99 Å². The molecule has 0 saturated heterocycles. The molecule has 0 aliphatic heterocycles. The van der Waals surface area contributed by atoms with E-state index in [9.17, 15) is 10.1 Å². The van der Waals surface area contributed by atoms with Crippen LogP contribution in [-0.2, 0) is 0 Å². The predicted octanol–water partition coefficient (Wildman–Crippen LogP) is 5.27. The highest BCUT2D eigenvalue weighted by Gasteiger charge is 2.11. The summed E-state index contributed by atoms with van der Waals surface area (Å²) in [4.78, 5) is 14.7. The molecule has 0 bridgehead atoms. The highest BCUT2D eigenvalue weighted by atomic mass is 35.5. The van der Waals surface area contributed by atoms with Gasteiger partial charge in [0.1, 0.15) is 23.0 Å². The molecule has 0 aliphatic rings. The molecule has 0 radical (unpaired) electrons. The fourth-order valence-corrected chi connectivity index (χ4v) is 2.48. The SMILES string of the molecule is COc1ccc([N+](=O)[O-])cc1N=Cc1ccc(-c2ccccc2Cl)o1. The molecule has 6 nitrogen and oxygen atoms in total. The van der Waals surface area contributed by atoms with E-state index in [2.05, 4.69) is 4.99 Å². The van der Waals surface area contributed by atoms with Gasteiger partial charge in [0.25, 0.3) is 5.69 Å². The summed E-state index contributed by atoms with van der Waals surface area (Å²) >= 11 is 6.15. The Balaban J connectivity index is 1.89. The van der Waals surface area contributed by atoms with E-state index in [-0.39, 0.29) is 5.69 Å². The molecule has 1 heterocycles. The zero-order valence-electron chi connectivity index (χ0n) is 13.2. The van der Waals surface area contributed by atoms with Crippen LogP contribution in [-0.4, -0.2) is 18.2 Å². The largest absolute Gasteiger partial charge is 0.494 e. The van der Waals surface area contributed by atoms with Gasteiger partial charge >= 0.3 is 0 Å². The molecule has 3 aromatic rings. The average Bonchev–Trinajstić information content (AvgIpc) is 3.08. The topological polar surface area (TPSA) is 77.9 Å². The molecule has 0 atom stereocenters. The number of hydrogen-bond acceptors (Lipinski definition) is 5. The van der Waals surface area contributed by atoms with Crippen LogP contribution in [0.15, 0.2) is 64.0 Å². The maximum Gasteiger partial charge on any atom is 0.271 e. The lowest BCUT2D eigenvalue weighted by molar-refractivity contribution is -0.384. The first kappa shape index (κ1) is 16.7. The predicted molar refractivity (Wildman–Crippen MR) is 96.1 cm³/mol. The van der Waals surface area contributed by atoms with Crippen LogP contribution in [0.3, 0.4) is 0 Å². The molecule has 0 spiro atoms. The van der Waals surface area contributed by atoms with E-state index in [1.165, 1.54) is 31.5 Å². The number of rotatable bonds is 5. The van der Waals surface area contributed by atoms with Gasteiger partial charge in [-0.1, -0.05) is 23.7 Å². The highest BCUT2D eigenvalue weighted by molar-refractivity contribution is 6.33. The molecule has 2 aromatic carbocycles. The number of aliphatic imine (C=N–C) groups is 1. The number of methoxy groups -OCH3 is 1. The summed E-state index contributed by atoms with van der Waals surface area (Å²) in [6.45, 7) is 0.